The van der Waals surface area contributed by atoms with E-state index in [1.165, 1.54) is 0 Å². The van der Waals surface area contributed by atoms with Gasteiger partial charge in [0.1, 0.15) is 6.10 Å². The highest BCUT2D eigenvalue weighted by Crippen LogP contribution is 2.36. The molecule has 0 aromatic carbocycles. The van der Waals surface area contributed by atoms with Crippen molar-refractivity contribution >= 4 is 5.97 Å². The fourth-order valence-electron chi connectivity index (χ4n) is 2.15. The number of esters is 1. The monoisotopic (exact) mass is 178 g/mol. The van der Waals surface area contributed by atoms with E-state index in [4.69, 9.17) is 4.74 Å². The van der Waals surface area contributed by atoms with Crippen LogP contribution in [-0.2, 0) is 9.53 Å². The van der Waals surface area contributed by atoms with E-state index in [0.29, 0.717) is 5.92 Å². The highest BCUT2D eigenvalue weighted by Gasteiger charge is 2.39. The van der Waals surface area contributed by atoms with Gasteiger partial charge in [-0.05, 0) is 32.8 Å². The number of fused-ring (bicyclic) bond motifs is 1. The quantitative estimate of drug-likeness (QED) is 0.323. The van der Waals surface area contributed by atoms with Crippen LogP contribution in [0.15, 0.2) is 23.3 Å². The number of allylic oxidation sites excluding steroid dienone is 2. The first kappa shape index (κ1) is 8.54. The molecule has 0 N–H and O–H groups in total. The Morgan fingerprint density at radius 3 is 3.00 bits per heavy atom. The van der Waals surface area contributed by atoms with Crippen LogP contribution in [0.1, 0.15) is 26.7 Å². The molecule has 0 aromatic heterocycles. The Labute approximate surface area is 78.3 Å². The van der Waals surface area contributed by atoms with Gasteiger partial charge in [-0.25, -0.2) is 4.79 Å². The predicted octanol–water partition coefficient (Wildman–Crippen LogP) is 2.21. The zero-order valence-corrected chi connectivity index (χ0v) is 8.04. The molecule has 2 nitrogen and oxygen atoms in total. The number of carbonyl (C=O) groups excluding carboxylic acids is 1. The average Bonchev–Trinajstić information content (AvgIpc) is 2.39. The minimum Gasteiger partial charge on any atom is -0.454 e. The molecule has 1 fully saturated rings. The second-order valence-corrected chi connectivity index (χ2v) is 3.90. The molecule has 1 aliphatic heterocycles. The Hall–Kier alpha value is -1.05. The van der Waals surface area contributed by atoms with Gasteiger partial charge in [0, 0.05) is 11.5 Å². The minimum absolute atomic E-state index is 0.0196. The maximum Gasteiger partial charge on any atom is 0.334 e. The van der Waals surface area contributed by atoms with Crippen molar-refractivity contribution in [2.24, 2.45) is 5.92 Å². The summed E-state index contributed by atoms with van der Waals surface area (Å²) in [4.78, 5) is 11.5. The lowest BCUT2D eigenvalue weighted by molar-refractivity contribution is -0.137. The fourth-order valence-corrected chi connectivity index (χ4v) is 2.15. The molecule has 1 aliphatic carbocycles. The van der Waals surface area contributed by atoms with Crippen LogP contribution in [0, 0.1) is 5.92 Å². The van der Waals surface area contributed by atoms with Crippen LogP contribution >= 0.6 is 0 Å². The van der Waals surface area contributed by atoms with E-state index in [1.54, 1.807) is 0 Å². The molecule has 2 rings (SSSR count). The van der Waals surface area contributed by atoms with Crippen molar-refractivity contribution in [2.75, 3.05) is 0 Å². The minimum atomic E-state index is -0.110. The first-order valence-electron chi connectivity index (χ1n) is 4.75. The maximum absolute atomic E-state index is 11.5. The third kappa shape index (κ3) is 1.30. The molecule has 2 atom stereocenters. The van der Waals surface area contributed by atoms with E-state index in [2.05, 4.69) is 6.08 Å². The molecule has 2 heteroatoms. The van der Waals surface area contributed by atoms with Crippen molar-refractivity contribution < 1.29 is 9.53 Å². The van der Waals surface area contributed by atoms with Crippen LogP contribution in [-0.4, -0.2) is 12.1 Å². The Kier molecular flexibility index (Phi) is 1.98. The molecule has 2 aliphatic rings. The summed E-state index contributed by atoms with van der Waals surface area (Å²) in [5.74, 6) is 0.212. The van der Waals surface area contributed by atoms with Gasteiger partial charge in [0.15, 0.2) is 0 Å². The van der Waals surface area contributed by atoms with Gasteiger partial charge in [-0.15, -0.1) is 0 Å². The largest absolute Gasteiger partial charge is 0.454 e. The summed E-state index contributed by atoms with van der Waals surface area (Å²) >= 11 is 0. The number of ether oxygens (including phenoxy) is 1. The molecule has 1 saturated heterocycles. The number of hydrogen-bond acceptors (Lipinski definition) is 2. The molecule has 0 saturated carbocycles. The van der Waals surface area contributed by atoms with Gasteiger partial charge in [-0.1, -0.05) is 11.6 Å². The lowest BCUT2D eigenvalue weighted by atomic mass is 9.86. The van der Waals surface area contributed by atoms with Crippen molar-refractivity contribution in [1.29, 1.82) is 0 Å². The van der Waals surface area contributed by atoms with Crippen molar-refractivity contribution in [1.82, 2.24) is 0 Å². The standard InChI is InChI=1S/C11H14O2/c1-7(2)10-8-5-3-4-6-9(8)13-11(10)12/h4,6,8-9H,3,5H2,1-2H3/t8-,9+/m0/s1. The lowest BCUT2D eigenvalue weighted by Gasteiger charge is -2.17. The molecule has 1 heterocycles. The molecular weight excluding hydrogens is 164 g/mol. The van der Waals surface area contributed by atoms with E-state index >= 15 is 0 Å². The molecule has 0 unspecified atom stereocenters. The van der Waals surface area contributed by atoms with E-state index in [1.807, 2.05) is 19.9 Å². The summed E-state index contributed by atoms with van der Waals surface area (Å²) < 4.78 is 5.26. The Morgan fingerprint density at radius 2 is 2.31 bits per heavy atom. The zero-order chi connectivity index (χ0) is 9.42. The Bertz CT molecular complexity index is 295. The van der Waals surface area contributed by atoms with Gasteiger partial charge in [0.25, 0.3) is 0 Å². The first-order chi connectivity index (χ1) is 6.20. The van der Waals surface area contributed by atoms with Crippen LogP contribution in [0.25, 0.3) is 0 Å². The molecule has 0 bridgehead atoms. The van der Waals surface area contributed by atoms with Crippen LogP contribution in [0.4, 0.5) is 0 Å². The van der Waals surface area contributed by atoms with Crippen LogP contribution < -0.4 is 0 Å². The normalized spacial score (nSPS) is 31.5. The molecule has 0 aromatic rings. The summed E-state index contributed by atoms with van der Waals surface area (Å²) in [6.45, 7) is 3.97. The summed E-state index contributed by atoms with van der Waals surface area (Å²) in [7, 11) is 0. The molecule has 13 heavy (non-hydrogen) atoms. The van der Waals surface area contributed by atoms with Crippen molar-refractivity contribution in [2.45, 2.75) is 32.8 Å². The highest BCUT2D eigenvalue weighted by atomic mass is 16.5. The first-order valence-corrected chi connectivity index (χ1v) is 4.75. The van der Waals surface area contributed by atoms with E-state index in [-0.39, 0.29) is 12.1 Å². The number of hydrogen-bond donors (Lipinski definition) is 0. The molecule has 0 amide bonds. The Morgan fingerprint density at radius 1 is 1.54 bits per heavy atom. The summed E-state index contributed by atoms with van der Waals surface area (Å²) in [6, 6.07) is 0. The number of rotatable bonds is 0. The molecular formula is C11H14O2. The van der Waals surface area contributed by atoms with Crippen molar-refractivity contribution in [3.63, 3.8) is 0 Å². The van der Waals surface area contributed by atoms with Crippen LogP contribution in [0.2, 0.25) is 0 Å². The molecule has 70 valence electrons. The Balaban J connectivity index is 2.36. The van der Waals surface area contributed by atoms with Gasteiger partial charge < -0.3 is 4.74 Å². The number of carbonyl (C=O) groups is 1. The van der Waals surface area contributed by atoms with E-state index < -0.39 is 0 Å². The van der Waals surface area contributed by atoms with Gasteiger partial charge >= 0.3 is 5.97 Å². The summed E-state index contributed by atoms with van der Waals surface area (Å²) in [5.41, 5.74) is 2.02. The lowest BCUT2D eigenvalue weighted by Crippen LogP contribution is -2.17. The predicted molar refractivity (Wildman–Crippen MR) is 50.1 cm³/mol. The van der Waals surface area contributed by atoms with Crippen LogP contribution in [0.5, 0.6) is 0 Å². The average molecular weight is 178 g/mol. The van der Waals surface area contributed by atoms with Crippen molar-refractivity contribution in [3.8, 4) is 0 Å². The highest BCUT2D eigenvalue weighted by molar-refractivity contribution is 5.92. The summed E-state index contributed by atoms with van der Waals surface area (Å²) in [6.07, 6.45) is 6.25. The third-order valence-electron chi connectivity index (χ3n) is 2.74. The summed E-state index contributed by atoms with van der Waals surface area (Å²) in [5, 5.41) is 0. The fraction of sp³-hybridized carbons (Fsp3) is 0.545. The van der Waals surface area contributed by atoms with Gasteiger partial charge in [0.2, 0.25) is 0 Å². The molecule has 0 spiro atoms. The van der Waals surface area contributed by atoms with Crippen molar-refractivity contribution in [3.05, 3.63) is 23.3 Å². The SMILES string of the molecule is CC(C)=C1C(=O)O[C@@H]2C=CCC[C@H]12. The van der Waals surface area contributed by atoms with Gasteiger partial charge in [-0.3, -0.25) is 0 Å². The van der Waals surface area contributed by atoms with Gasteiger partial charge in [-0.2, -0.15) is 0 Å². The third-order valence-corrected chi connectivity index (χ3v) is 2.74. The molecule has 0 radical (unpaired) electrons. The smallest absolute Gasteiger partial charge is 0.334 e. The topological polar surface area (TPSA) is 26.3 Å². The van der Waals surface area contributed by atoms with Gasteiger partial charge in [0.05, 0.1) is 0 Å². The maximum atomic E-state index is 11.5. The zero-order valence-electron chi connectivity index (χ0n) is 8.04. The van der Waals surface area contributed by atoms with E-state index in [9.17, 15) is 4.79 Å². The van der Waals surface area contributed by atoms with E-state index in [0.717, 1.165) is 24.0 Å². The second-order valence-electron chi connectivity index (χ2n) is 3.90. The van der Waals surface area contributed by atoms with Crippen LogP contribution in [0.3, 0.4) is 0 Å². The second kappa shape index (κ2) is 3.02.